The van der Waals surface area contributed by atoms with Gasteiger partial charge in [-0.15, -0.1) is 0 Å². The van der Waals surface area contributed by atoms with Gasteiger partial charge >= 0.3 is 12.0 Å². The van der Waals surface area contributed by atoms with E-state index in [0.717, 1.165) is 0 Å². The van der Waals surface area contributed by atoms with Gasteiger partial charge in [-0.2, -0.15) is 0 Å². The van der Waals surface area contributed by atoms with Crippen molar-refractivity contribution in [2.24, 2.45) is 17.6 Å². The number of hydrogen-bond acceptors (Lipinski definition) is 5. The third-order valence-corrected chi connectivity index (χ3v) is 4.94. The van der Waals surface area contributed by atoms with E-state index in [4.69, 9.17) is 10.5 Å². The second-order valence-corrected chi connectivity index (χ2v) is 7.83. The fourth-order valence-electron chi connectivity index (χ4n) is 3.45. The lowest BCUT2D eigenvalue weighted by Crippen LogP contribution is -2.46. The number of carboxylic acids is 1. The maximum Gasteiger partial charge on any atom is 0.315 e. The summed E-state index contributed by atoms with van der Waals surface area (Å²) in [5.74, 6) is -1.61. The molecule has 9 heteroatoms. The number of amides is 3. The summed E-state index contributed by atoms with van der Waals surface area (Å²) in [6.07, 6.45) is 4.78. The highest BCUT2D eigenvalue weighted by molar-refractivity contribution is 5.94. The van der Waals surface area contributed by atoms with Crippen molar-refractivity contribution in [3.63, 3.8) is 0 Å². The Morgan fingerprint density at radius 1 is 1.28 bits per heavy atom. The van der Waals surface area contributed by atoms with E-state index in [1.54, 1.807) is 18.3 Å². The van der Waals surface area contributed by atoms with E-state index < -0.39 is 17.8 Å². The van der Waals surface area contributed by atoms with Crippen molar-refractivity contribution >= 4 is 17.9 Å². The molecule has 1 heterocycles. The molecule has 3 amide bonds. The van der Waals surface area contributed by atoms with Crippen LogP contribution in [-0.4, -0.2) is 46.7 Å². The third-order valence-electron chi connectivity index (χ3n) is 4.94. The van der Waals surface area contributed by atoms with Gasteiger partial charge in [0.2, 0.25) is 5.88 Å². The van der Waals surface area contributed by atoms with Crippen LogP contribution in [0.5, 0.6) is 5.88 Å². The number of ether oxygens (including phenoxy) is 1. The first-order valence-electron chi connectivity index (χ1n) is 9.94. The first-order valence-corrected chi connectivity index (χ1v) is 9.94. The molecule has 1 aliphatic carbocycles. The highest BCUT2D eigenvalue weighted by atomic mass is 16.5. The number of nitrogens with one attached hydrogen (secondary N) is 2. The molecule has 2 rings (SSSR count). The van der Waals surface area contributed by atoms with Gasteiger partial charge in [0.1, 0.15) is 11.7 Å². The van der Waals surface area contributed by atoms with Crippen molar-refractivity contribution in [3.05, 3.63) is 23.9 Å². The number of nitrogens with two attached hydrogens (primary N) is 1. The normalized spacial score (nSPS) is 20.0. The monoisotopic (exact) mass is 406 g/mol. The molecule has 0 spiro atoms. The van der Waals surface area contributed by atoms with Gasteiger partial charge in [0.25, 0.3) is 5.91 Å². The number of primary amides is 1. The van der Waals surface area contributed by atoms with E-state index in [9.17, 15) is 19.5 Å². The summed E-state index contributed by atoms with van der Waals surface area (Å²) >= 11 is 0. The Morgan fingerprint density at radius 2 is 1.97 bits per heavy atom. The molecular formula is C20H30N4O5. The highest BCUT2D eigenvalue weighted by Gasteiger charge is 2.26. The summed E-state index contributed by atoms with van der Waals surface area (Å²) in [7, 11) is 0. The number of aromatic nitrogens is 1. The molecule has 1 unspecified atom stereocenters. The molecule has 1 aromatic heterocycles. The zero-order chi connectivity index (χ0) is 21.4. The molecule has 29 heavy (non-hydrogen) atoms. The maximum absolute atomic E-state index is 12.1. The molecule has 1 fully saturated rings. The first-order chi connectivity index (χ1) is 13.8. The Hall–Kier alpha value is -2.84. The van der Waals surface area contributed by atoms with E-state index >= 15 is 0 Å². The largest absolute Gasteiger partial charge is 0.481 e. The van der Waals surface area contributed by atoms with Crippen LogP contribution in [0, 0.1) is 11.8 Å². The Kier molecular flexibility index (Phi) is 8.23. The van der Waals surface area contributed by atoms with Gasteiger partial charge in [0.05, 0.1) is 5.92 Å². The Labute approximate surface area is 170 Å². The predicted molar refractivity (Wildman–Crippen MR) is 107 cm³/mol. The van der Waals surface area contributed by atoms with Crippen molar-refractivity contribution in [1.82, 2.24) is 15.6 Å². The van der Waals surface area contributed by atoms with Crippen molar-refractivity contribution in [2.75, 3.05) is 6.54 Å². The topological polar surface area (TPSA) is 144 Å². The minimum absolute atomic E-state index is 0.0115. The van der Waals surface area contributed by atoms with Crippen molar-refractivity contribution in [1.29, 1.82) is 0 Å². The first kappa shape index (κ1) is 22.4. The van der Waals surface area contributed by atoms with Crippen LogP contribution >= 0.6 is 0 Å². The number of carbonyl (C=O) groups is 3. The third kappa shape index (κ3) is 7.24. The molecule has 0 bridgehead atoms. The Balaban J connectivity index is 1.76. The number of urea groups is 1. The number of nitrogens with zero attached hydrogens (tertiary/aromatic N) is 1. The van der Waals surface area contributed by atoms with Gasteiger partial charge in [-0.3, -0.25) is 9.59 Å². The van der Waals surface area contributed by atoms with Crippen LogP contribution in [0.4, 0.5) is 4.79 Å². The zero-order valence-electron chi connectivity index (χ0n) is 16.9. The van der Waals surface area contributed by atoms with E-state index in [1.807, 2.05) is 13.8 Å². The summed E-state index contributed by atoms with van der Waals surface area (Å²) < 4.78 is 5.84. The molecule has 1 atom stereocenters. The lowest BCUT2D eigenvalue weighted by molar-refractivity contribution is -0.142. The van der Waals surface area contributed by atoms with Crippen molar-refractivity contribution < 1.29 is 24.2 Å². The Bertz CT molecular complexity index is 717. The van der Waals surface area contributed by atoms with Crippen LogP contribution in [0.1, 0.15) is 56.3 Å². The van der Waals surface area contributed by atoms with Crippen LogP contribution in [-0.2, 0) is 4.79 Å². The zero-order valence-corrected chi connectivity index (χ0v) is 16.9. The van der Waals surface area contributed by atoms with Gasteiger partial charge in [-0.1, -0.05) is 13.8 Å². The van der Waals surface area contributed by atoms with Crippen LogP contribution in [0.3, 0.4) is 0 Å². The standard InChI is InChI=1S/C20H30N4O5/c1-12(2)10-13(19(26)27)11-23-20(28)24-14-5-7-15(8-6-14)29-18-16(17(21)25)4-3-9-22-18/h3-4,9,12-15H,5-8,10-11H2,1-2H3,(H2,21,25)(H,26,27)(H2,23,24,28)/t13?,14-,15-. The maximum atomic E-state index is 12.1. The van der Waals surface area contributed by atoms with E-state index in [-0.39, 0.29) is 42.1 Å². The minimum Gasteiger partial charge on any atom is -0.481 e. The molecule has 5 N–H and O–H groups in total. The number of rotatable bonds is 9. The molecule has 0 aromatic carbocycles. The highest BCUT2D eigenvalue weighted by Crippen LogP contribution is 2.24. The summed E-state index contributed by atoms with van der Waals surface area (Å²) in [5.41, 5.74) is 5.59. The summed E-state index contributed by atoms with van der Waals surface area (Å²) in [5, 5.41) is 14.8. The molecular weight excluding hydrogens is 376 g/mol. The fourth-order valence-corrected chi connectivity index (χ4v) is 3.45. The van der Waals surface area contributed by atoms with Crippen molar-refractivity contribution in [3.8, 4) is 5.88 Å². The lowest BCUT2D eigenvalue weighted by Gasteiger charge is -2.29. The predicted octanol–water partition coefficient (Wildman–Crippen LogP) is 1.92. The van der Waals surface area contributed by atoms with Crippen LogP contribution < -0.4 is 21.1 Å². The summed E-state index contributed by atoms with van der Waals surface area (Å²) in [4.78, 5) is 38.9. The molecule has 0 saturated heterocycles. The number of carboxylic acid groups (broad SMARTS) is 1. The number of hydrogen-bond donors (Lipinski definition) is 4. The van der Waals surface area contributed by atoms with E-state index in [0.29, 0.717) is 32.1 Å². The van der Waals surface area contributed by atoms with E-state index in [1.165, 1.54) is 0 Å². The SMILES string of the molecule is CC(C)CC(CNC(=O)N[C@H]1CC[C@H](Oc2ncccc2C(N)=O)CC1)C(=O)O. The molecule has 160 valence electrons. The average molecular weight is 406 g/mol. The van der Waals surface area contributed by atoms with Gasteiger partial charge in [-0.25, -0.2) is 9.78 Å². The molecule has 0 radical (unpaired) electrons. The molecule has 9 nitrogen and oxygen atoms in total. The molecule has 1 aliphatic rings. The van der Waals surface area contributed by atoms with Gasteiger partial charge in [0.15, 0.2) is 0 Å². The number of carbonyl (C=O) groups excluding carboxylic acids is 2. The number of aliphatic carboxylic acids is 1. The Morgan fingerprint density at radius 3 is 2.55 bits per heavy atom. The van der Waals surface area contributed by atoms with Gasteiger partial charge < -0.3 is 26.2 Å². The fraction of sp³-hybridized carbons (Fsp3) is 0.600. The van der Waals surface area contributed by atoms with Gasteiger partial charge in [0, 0.05) is 18.8 Å². The molecule has 1 saturated carbocycles. The van der Waals surface area contributed by atoms with Gasteiger partial charge in [-0.05, 0) is 50.2 Å². The van der Waals surface area contributed by atoms with Crippen LogP contribution in [0.25, 0.3) is 0 Å². The smallest absolute Gasteiger partial charge is 0.315 e. The van der Waals surface area contributed by atoms with Crippen molar-refractivity contribution in [2.45, 2.75) is 58.1 Å². The lowest BCUT2D eigenvalue weighted by atomic mass is 9.93. The summed E-state index contributed by atoms with van der Waals surface area (Å²) in [6.45, 7) is 4.01. The quantitative estimate of drug-likeness (QED) is 0.493. The van der Waals surface area contributed by atoms with Crippen LogP contribution in [0.2, 0.25) is 0 Å². The second-order valence-electron chi connectivity index (χ2n) is 7.83. The minimum atomic E-state index is -0.901. The average Bonchev–Trinajstić information content (AvgIpc) is 2.66. The molecule has 1 aromatic rings. The summed E-state index contributed by atoms with van der Waals surface area (Å²) in [6, 6.07) is 2.83. The number of pyridine rings is 1. The molecule has 0 aliphatic heterocycles. The van der Waals surface area contributed by atoms with Crippen LogP contribution in [0.15, 0.2) is 18.3 Å². The second kappa shape index (κ2) is 10.6. The van der Waals surface area contributed by atoms with E-state index in [2.05, 4.69) is 15.6 Å².